The van der Waals surface area contributed by atoms with Gasteiger partial charge in [0, 0.05) is 4.47 Å². The number of rotatable bonds is 2. The number of carbonyl (C=O) groups is 1. The van der Waals surface area contributed by atoms with Crippen molar-refractivity contribution in [2.75, 3.05) is 6.54 Å². The van der Waals surface area contributed by atoms with E-state index in [9.17, 15) is 4.79 Å². The zero-order valence-electron chi connectivity index (χ0n) is 10.2. The second-order valence-electron chi connectivity index (χ2n) is 5.09. The fraction of sp³-hybridized carbons (Fsp3) is 0.500. The number of carbonyl (C=O) groups excluding carboxylic acids is 1. The van der Waals surface area contributed by atoms with Gasteiger partial charge in [0.15, 0.2) is 0 Å². The van der Waals surface area contributed by atoms with Gasteiger partial charge in [0.1, 0.15) is 0 Å². The Hall–Kier alpha value is -0.870. The first kappa shape index (κ1) is 12.2. The molecule has 2 aliphatic rings. The summed E-state index contributed by atoms with van der Waals surface area (Å²) in [4.78, 5) is 12.1. The van der Waals surface area contributed by atoms with Crippen LogP contribution in [0.5, 0.6) is 0 Å². The highest BCUT2D eigenvalue weighted by Crippen LogP contribution is 2.33. The van der Waals surface area contributed by atoms with Gasteiger partial charge >= 0.3 is 0 Å². The van der Waals surface area contributed by atoms with Crippen molar-refractivity contribution in [3.63, 3.8) is 0 Å². The van der Waals surface area contributed by atoms with Crippen LogP contribution in [0.4, 0.5) is 0 Å². The normalized spacial score (nSPS) is 26.1. The fourth-order valence-corrected chi connectivity index (χ4v) is 3.33. The van der Waals surface area contributed by atoms with E-state index in [0.717, 1.165) is 36.7 Å². The van der Waals surface area contributed by atoms with Crippen LogP contribution in [0, 0.1) is 0 Å². The van der Waals surface area contributed by atoms with Crippen LogP contribution in [-0.2, 0) is 11.2 Å². The first-order valence-electron chi connectivity index (χ1n) is 6.56. The molecule has 1 aliphatic heterocycles. The van der Waals surface area contributed by atoms with Crippen LogP contribution in [0.3, 0.4) is 0 Å². The monoisotopic (exact) mass is 308 g/mol. The van der Waals surface area contributed by atoms with Crippen molar-refractivity contribution >= 4 is 21.8 Å². The molecule has 1 amide bonds. The summed E-state index contributed by atoms with van der Waals surface area (Å²) in [6.07, 6.45) is 4.14. The van der Waals surface area contributed by atoms with E-state index in [1.54, 1.807) is 0 Å². The van der Waals surface area contributed by atoms with Crippen LogP contribution in [0.25, 0.3) is 0 Å². The molecular formula is C14H17BrN2O. The molecule has 0 bridgehead atoms. The van der Waals surface area contributed by atoms with Crippen molar-refractivity contribution in [2.45, 2.75) is 37.8 Å². The van der Waals surface area contributed by atoms with E-state index in [2.05, 4.69) is 44.8 Å². The maximum atomic E-state index is 12.1. The molecule has 0 aromatic heterocycles. The number of hydrogen-bond acceptors (Lipinski definition) is 2. The third-order valence-corrected chi connectivity index (χ3v) is 4.37. The van der Waals surface area contributed by atoms with E-state index in [0.29, 0.717) is 0 Å². The Morgan fingerprint density at radius 1 is 1.39 bits per heavy atom. The van der Waals surface area contributed by atoms with Crippen LogP contribution in [0.1, 0.15) is 36.4 Å². The molecule has 1 aromatic rings. The van der Waals surface area contributed by atoms with E-state index in [-0.39, 0.29) is 18.0 Å². The van der Waals surface area contributed by atoms with Crippen LogP contribution in [0.15, 0.2) is 22.7 Å². The lowest BCUT2D eigenvalue weighted by Gasteiger charge is -2.17. The number of amides is 1. The number of halogens is 1. The van der Waals surface area contributed by atoms with Crippen molar-refractivity contribution in [1.29, 1.82) is 0 Å². The molecular weight excluding hydrogens is 292 g/mol. The summed E-state index contributed by atoms with van der Waals surface area (Å²) in [6.45, 7) is 0.965. The van der Waals surface area contributed by atoms with Crippen LogP contribution >= 0.6 is 15.9 Å². The zero-order valence-corrected chi connectivity index (χ0v) is 11.8. The summed E-state index contributed by atoms with van der Waals surface area (Å²) >= 11 is 3.49. The molecule has 1 fully saturated rings. The Labute approximate surface area is 115 Å². The Morgan fingerprint density at radius 3 is 3.06 bits per heavy atom. The Bertz CT molecular complexity index is 469. The average molecular weight is 309 g/mol. The van der Waals surface area contributed by atoms with Crippen LogP contribution in [-0.4, -0.2) is 18.5 Å². The molecule has 0 radical (unpaired) electrons. The summed E-state index contributed by atoms with van der Waals surface area (Å²) < 4.78 is 1.12. The second kappa shape index (κ2) is 5.02. The summed E-state index contributed by atoms with van der Waals surface area (Å²) in [7, 11) is 0. The summed E-state index contributed by atoms with van der Waals surface area (Å²) in [5, 5.41) is 6.42. The molecule has 2 N–H and O–H groups in total. The smallest absolute Gasteiger partial charge is 0.237 e. The molecule has 3 nitrogen and oxygen atoms in total. The molecule has 1 aromatic carbocycles. The van der Waals surface area contributed by atoms with Gasteiger partial charge in [0.25, 0.3) is 0 Å². The quantitative estimate of drug-likeness (QED) is 0.880. The number of aryl methyl sites for hydroxylation is 1. The van der Waals surface area contributed by atoms with Gasteiger partial charge in [-0.1, -0.05) is 22.0 Å². The lowest BCUT2D eigenvalue weighted by atomic mass is 10.1. The third kappa shape index (κ3) is 2.31. The molecule has 2 atom stereocenters. The SMILES string of the molecule is O=C(NC1CCc2cc(Br)ccc21)C1CCCN1. The van der Waals surface area contributed by atoms with Gasteiger partial charge < -0.3 is 10.6 Å². The van der Waals surface area contributed by atoms with Crippen molar-refractivity contribution in [2.24, 2.45) is 0 Å². The van der Waals surface area contributed by atoms with E-state index in [1.165, 1.54) is 11.1 Å². The average Bonchev–Trinajstić information content (AvgIpc) is 2.98. The highest BCUT2D eigenvalue weighted by molar-refractivity contribution is 9.10. The highest BCUT2D eigenvalue weighted by atomic mass is 79.9. The van der Waals surface area contributed by atoms with E-state index >= 15 is 0 Å². The molecule has 3 rings (SSSR count). The lowest BCUT2D eigenvalue weighted by molar-refractivity contribution is -0.123. The predicted molar refractivity (Wildman–Crippen MR) is 74.4 cm³/mol. The zero-order chi connectivity index (χ0) is 12.5. The minimum Gasteiger partial charge on any atom is -0.348 e. The van der Waals surface area contributed by atoms with Gasteiger partial charge in [0.2, 0.25) is 5.91 Å². The Kier molecular flexibility index (Phi) is 3.39. The lowest BCUT2D eigenvalue weighted by Crippen LogP contribution is -2.41. The van der Waals surface area contributed by atoms with Crippen molar-refractivity contribution in [3.05, 3.63) is 33.8 Å². The molecule has 0 spiro atoms. The number of hydrogen-bond donors (Lipinski definition) is 2. The predicted octanol–water partition coefficient (Wildman–Crippen LogP) is 2.30. The number of nitrogens with one attached hydrogen (secondary N) is 2. The first-order chi connectivity index (χ1) is 8.74. The third-order valence-electron chi connectivity index (χ3n) is 3.88. The first-order valence-corrected chi connectivity index (χ1v) is 7.35. The molecule has 18 heavy (non-hydrogen) atoms. The number of fused-ring (bicyclic) bond motifs is 1. The van der Waals surface area contributed by atoms with Gasteiger partial charge in [0.05, 0.1) is 12.1 Å². The van der Waals surface area contributed by atoms with Crippen molar-refractivity contribution in [3.8, 4) is 0 Å². The topological polar surface area (TPSA) is 41.1 Å². The minimum atomic E-state index is 0.0181. The van der Waals surface area contributed by atoms with E-state index in [4.69, 9.17) is 0 Å². The maximum Gasteiger partial charge on any atom is 0.237 e. The summed E-state index contributed by atoms with van der Waals surface area (Å²) in [6, 6.07) is 6.55. The van der Waals surface area contributed by atoms with Gasteiger partial charge in [-0.05, 0) is 55.5 Å². The van der Waals surface area contributed by atoms with Crippen LogP contribution < -0.4 is 10.6 Å². The molecule has 4 heteroatoms. The molecule has 0 saturated carbocycles. The molecule has 1 heterocycles. The van der Waals surface area contributed by atoms with Gasteiger partial charge in [-0.25, -0.2) is 0 Å². The molecule has 1 saturated heterocycles. The molecule has 96 valence electrons. The van der Waals surface area contributed by atoms with Gasteiger partial charge in [-0.3, -0.25) is 4.79 Å². The minimum absolute atomic E-state index is 0.0181. The maximum absolute atomic E-state index is 12.1. The largest absolute Gasteiger partial charge is 0.348 e. The molecule has 1 aliphatic carbocycles. The Balaban J connectivity index is 1.70. The summed E-state index contributed by atoms with van der Waals surface area (Å²) in [5.41, 5.74) is 2.64. The van der Waals surface area contributed by atoms with Gasteiger partial charge in [-0.15, -0.1) is 0 Å². The number of benzene rings is 1. The van der Waals surface area contributed by atoms with Crippen LogP contribution in [0.2, 0.25) is 0 Å². The van der Waals surface area contributed by atoms with Gasteiger partial charge in [-0.2, -0.15) is 0 Å². The van der Waals surface area contributed by atoms with Crippen molar-refractivity contribution < 1.29 is 4.79 Å². The van der Waals surface area contributed by atoms with E-state index < -0.39 is 0 Å². The highest BCUT2D eigenvalue weighted by Gasteiger charge is 2.28. The molecule has 2 unspecified atom stereocenters. The second-order valence-corrected chi connectivity index (χ2v) is 6.01. The fourth-order valence-electron chi connectivity index (χ4n) is 2.92. The standard InChI is InChI=1S/C14H17BrN2O/c15-10-4-5-11-9(8-10)3-6-12(11)17-14(18)13-2-1-7-16-13/h4-5,8,12-13,16H,1-3,6-7H2,(H,17,18). The van der Waals surface area contributed by atoms with Crippen molar-refractivity contribution in [1.82, 2.24) is 10.6 Å². The summed E-state index contributed by atoms with van der Waals surface area (Å²) in [5.74, 6) is 0.160. The Morgan fingerprint density at radius 2 is 2.28 bits per heavy atom. The van der Waals surface area contributed by atoms with E-state index in [1.807, 2.05) is 0 Å².